The fourth-order valence-electron chi connectivity index (χ4n) is 1.75. The van der Waals surface area contributed by atoms with E-state index >= 15 is 0 Å². The molecule has 5 heteroatoms. The molecule has 0 spiro atoms. The number of rotatable bonds is 6. The van der Waals surface area contributed by atoms with Gasteiger partial charge in [-0.25, -0.2) is 0 Å². The highest BCUT2D eigenvalue weighted by atomic mass is 32.2. The van der Waals surface area contributed by atoms with Gasteiger partial charge in [0.15, 0.2) is 11.9 Å². The molecule has 0 radical (unpaired) electrons. The van der Waals surface area contributed by atoms with Gasteiger partial charge in [-0.05, 0) is 5.56 Å². The minimum Gasteiger partial charge on any atom is -0.291 e. The van der Waals surface area contributed by atoms with E-state index in [1.165, 1.54) is 7.11 Å². The van der Waals surface area contributed by atoms with Gasteiger partial charge in [0.05, 0.1) is 7.11 Å². The average molecular weight is 290 g/mol. The lowest BCUT2D eigenvalue weighted by atomic mass is 10.0. The summed E-state index contributed by atoms with van der Waals surface area (Å²) in [6, 6.07) is 17.7. The summed E-state index contributed by atoms with van der Waals surface area (Å²) in [5, 5.41) is 0. The van der Waals surface area contributed by atoms with E-state index in [9.17, 15) is 9.00 Å². The third-order valence-electron chi connectivity index (χ3n) is 2.71. The van der Waals surface area contributed by atoms with Crippen LogP contribution in [0.1, 0.15) is 22.0 Å². The van der Waals surface area contributed by atoms with Crippen LogP contribution in [-0.2, 0) is 19.7 Å². The van der Waals surface area contributed by atoms with Crippen LogP contribution in [0.4, 0.5) is 0 Å². The number of carbonyl (C=O) groups is 1. The fraction of sp³-hybridized carbons (Fsp3) is 0.133. The highest BCUT2D eigenvalue weighted by Gasteiger charge is 2.25. The van der Waals surface area contributed by atoms with Gasteiger partial charge < -0.3 is 0 Å². The maximum Gasteiger partial charge on any atom is 0.305 e. The summed E-state index contributed by atoms with van der Waals surface area (Å²) < 4.78 is 21.2. The molecular formula is C15H14O4S. The first kappa shape index (κ1) is 14.6. The summed E-state index contributed by atoms with van der Waals surface area (Å²) in [5.41, 5.74) is 1.13. The second-order valence-corrected chi connectivity index (χ2v) is 4.92. The second kappa shape index (κ2) is 7.09. The van der Waals surface area contributed by atoms with E-state index in [4.69, 9.17) is 4.18 Å². The van der Waals surface area contributed by atoms with E-state index in [-0.39, 0.29) is 5.78 Å². The van der Waals surface area contributed by atoms with E-state index in [1.807, 2.05) is 12.1 Å². The van der Waals surface area contributed by atoms with Crippen molar-refractivity contribution >= 4 is 17.1 Å². The Bertz CT molecular complexity index is 583. The van der Waals surface area contributed by atoms with Crippen molar-refractivity contribution in [3.63, 3.8) is 0 Å². The van der Waals surface area contributed by atoms with Gasteiger partial charge in [0.25, 0.3) is 0 Å². The predicted molar refractivity (Wildman–Crippen MR) is 76.2 cm³/mol. The first-order valence-corrected chi connectivity index (χ1v) is 7.00. The van der Waals surface area contributed by atoms with Gasteiger partial charge in [-0.15, -0.1) is 0 Å². The quantitative estimate of drug-likeness (QED) is 0.768. The van der Waals surface area contributed by atoms with E-state index < -0.39 is 17.5 Å². The Kier molecular flexibility index (Phi) is 5.17. The summed E-state index contributed by atoms with van der Waals surface area (Å²) in [6.45, 7) is 0. The molecule has 2 rings (SSSR count). The van der Waals surface area contributed by atoms with Gasteiger partial charge in [-0.2, -0.15) is 4.21 Å². The van der Waals surface area contributed by atoms with Crippen molar-refractivity contribution in [3.8, 4) is 0 Å². The van der Waals surface area contributed by atoms with E-state index in [1.54, 1.807) is 48.5 Å². The molecule has 2 atom stereocenters. The molecule has 0 saturated heterocycles. The molecular weight excluding hydrogens is 276 g/mol. The summed E-state index contributed by atoms with van der Waals surface area (Å²) in [5.74, 6) is -0.262. The minimum absolute atomic E-state index is 0.262. The Morgan fingerprint density at radius 1 is 1.00 bits per heavy atom. The molecule has 2 aromatic rings. The topological polar surface area (TPSA) is 52.6 Å². The van der Waals surface area contributed by atoms with Crippen LogP contribution in [0.15, 0.2) is 60.7 Å². The van der Waals surface area contributed by atoms with Gasteiger partial charge in [0.1, 0.15) is 0 Å². The van der Waals surface area contributed by atoms with Gasteiger partial charge in [-0.3, -0.25) is 13.2 Å². The van der Waals surface area contributed by atoms with Crippen LogP contribution in [0.3, 0.4) is 0 Å². The van der Waals surface area contributed by atoms with Crippen molar-refractivity contribution in [2.24, 2.45) is 0 Å². The van der Waals surface area contributed by atoms with Gasteiger partial charge >= 0.3 is 11.4 Å². The Labute approximate surface area is 120 Å². The molecule has 104 valence electrons. The number of benzene rings is 2. The predicted octanol–water partition coefficient (Wildman–Crippen LogP) is 2.85. The van der Waals surface area contributed by atoms with E-state index in [0.717, 1.165) is 0 Å². The molecule has 0 aromatic heterocycles. The largest absolute Gasteiger partial charge is 0.305 e. The van der Waals surface area contributed by atoms with E-state index in [0.29, 0.717) is 11.1 Å². The Balaban J connectivity index is 2.32. The highest BCUT2D eigenvalue weighted by molar-refractivity contribution is 7.75. The number of carbonyl (C=O) groups excluding carboxylic acids is 1. The minimum atomic E-state index is -1.97. The van der Waals surface area contributed by atoms with Crippen LogP contribution in [0.25, 0.3) is 0 Å². The lowest BCUT2D eigenvalue weighted by molar-refractivity contribution is 0.0792. The molecule has 2 aromatic carbocycles. The number of hydrogen-bond acceptors (Lipinski definition) is 4. The molecule has 2 unspecified atom stereocenters. The molecule has 0 aliphatic rings. The molecule has 0 aliphatic carbocycles. The number of hydrogen-bond donors (Lipinski definition) is 0. The van der Waals surface area contributed by atoms with Gasteiger partial charge in [0, 0.05) is 5.56 Å². The van der Waals surface area contributed by atoms with Crippen molar-refractivity contribution in [1.29, 1.82) is 0 Å². The van der Waals surface area contributed by atoms with Crippen molar-refractivity contribution < 1.29 is 17.4 Å². The monoisotopic (exact) mass is 290 g/mol. The smallest absolute Gasteiger partial charge is 0.291 e. The molecule has 20 heavy (non-hydrogen) atoms. The van der Waals surface area contributed by atoms with Crippen LogP contribution in [-0.4, -0.2) is 17.1 Å². The molecule has 0 heterocycles. The number of ketones is 1. The highest BCUT2D eigenvalue weighted by Crippen LogP contribution is 2.23. The zero-order chi connectivity index (χ0) is 14.4. The lowest BCUT2D eigenvalue weighted by Crippen LogP contribution is -2.18. The normalized spacial score (nSPS) is 13.7. The zero-order valence-electron chi connectivity index (χ0n) is 10.9. The second-order valence-electron chi connectivity index (χ2n) is 3.99. The number of Topliss-reactive ketones (excluding diaryl/α,β-unsaturated/α-hetero) is 1. The standard InChI is InChI=1S/C15H14O4S/c1-18-20(17)19-15(13-10-6-3-7-11-13)14(16)12-8-4-2-5-9-12/h2-11,15H,1H3. The van der Waals surface area contributed by atoms with Gasteiger partial charge in [0.2, 0.25) is 0 Å². The average Bonchev–Trinajstić information content (AvgIpc) is 2.53. The molecule has 0 fully saturated rings. The first-order chi connectivity index (χ1) is 9.72. The third kappa shape index (κ3) is 3.60. The molecule has 0 bridgehead atoms. The molecule has 0 amide bonds. The van der Waals surface area contributed by atoms with Crippen LogP contribution in [0.5, 0.6) is 0 Å². The summed E-state index contributed by atoms with van der Waals surface area (Å²) in [7, 11) is 1.26. The lowest BCUT2D eigenvalue weighted by Gasteiger charge is -2.15. The summed E-state index contributed by atoms with van der Waals surface area (Å²) in [6.07, 6.45) is -0.959. The van der Waals surface area contributed by atoms with Crippen LogP contribution in [0, 0.1) is 0 Å². The van der Waals surface area contributed by atoms with Crippen LogP contribution in [0.2, 0.25) is 0 Å². The van der Waals surface area contributed by atoms with E-state index in [2.05, 4.69) is 4.18 Å². The fourth-order valence-corrected chi connectivity index (χ4v) is 2.18. The Hall–Kier alpha value is -1.82. The SMILES string of the molecule is COS(=O)OC(C(=O)c1ccccc1)c1ccccc1. The summed E-state index contributed by atoms with van der Waals surface area (Å²) >= 11 is -1.97. The molecule has 0 saturated carbocycles. The van der Waals surface area contributed by atoms with Crippen molar-refractivity contribution in [2.75, 3.05) is 7.11 Å². The first-order valence-electron chi connectivity index (χ1n) is 6.00. The molecule has 4 nitrogen and oxygen atoms in total. The maximum absolute atomic E-state index is 12.5. The summed E-state index contributed by atoms with van der Waals surface area (Å²) in [4.78, 5) is 12.5. The van der Waals surface area contributed by atoms with Crippen molar-refractivity contribution in [2.45, 2.75) is 6.10 Å². The van der Waals surface area contributed by atoms with Crippen LogP contribution < -0.4 is 0 Å². The van der Waals surface area contributed by atoms with Crippen molar-refractivity contribution in [3.05, 3.63) is 71.8 Å². The third-order valence-corrected chi connectivity index (χ3v) is 3.33. The Morgan fingerprint density at radius 2 is 1.55 bits per heavy atom. The van der Waals surface area contributed by atoms with Gasteiger partial charge in [-0.1, -0.05) is 60.7 Å². The zero-order valence-corrected chi connectivity index (χ0v) is 11.7. The van der Waals surface area contributed by atoms with Crippen LogP contribution >= 0.6 is 0 Å². The maximum atomic E-state index is 12.5. The molecule has 0 N–H and O–H groups in total. The molecule has 0 aliphatic heterocycles. The Morgan fingerprint density at radius 3 is 2.10 bits per heavy atom. The van der Waals surface area contributed by atoms with Crippen molar-refractivity contribution in [1.82, 2.24) is 0 Å².